The molecular weight excluding hydrogens is 194 g/mol. The van der Waals surface area contributed by atoms with E-state index in [0.29, 0.717) is 0 Å². The maximum atomic E-state index is 8.99. The highest BCUT2D eigenvalue weighted by Crippen LogP contribution is 2.26. The Kier molecular flexibility index (Phi) is 3.56. The lowest BCUT2D eigenvalue weighted by Gasteiger charge is -2.37. The number of hydrogen-bond acceptors (Lipinski definition) is 3. The first-order chi connectivity index (χ1) is 6.90. The average molecular weight is 211 g/mol. The van der Waals surface area contributed by atoms with Crippen LogP contribution in [0, 0.1) is 0 Å². The normalized spacial score (nSPS) is 17.3. The summed E-state index contributed by atoms with van der Waals surface area (Å²) in [5, 5.41) is 13.3. The summed E-state index contributed by atoms with van der Waals surface area (Å²) in [7, 11) is 0. The van der Waals surface area contributed by atoms with E-state index in [1.54, 1.807) is 11.3 Å². The quantitative estimate of drug-likeness (QED) is 0.806. The molecule has 1 aliphatic rings. The fourth-order valence-corrected chi connectivity index (χ4v) is 2.55. The summed E-state index contributed by atoms with van der Waals surface area (Å²) < 4.78 is 0. The lowest BCUT2D eigenvalue weighted by atomic mass is 9.91. The van der Waals surface area contributed by atoms with Crippen LogP contribution in [0.4, 0.5) is 0 Å². The van der Waals surface area contributed by atoms with E-state index in [4.69, 9.17) is 5.11 Å². The Hall–Kier alpha value is -0.380. The minimum absolute atomic E-state index is 0.278. The van der Waals surface area contributed by atoms with Crippen LogP contribution in [0.2, 0.25) is 0 Å². The Morgan fingerprint density at radius 3 is 2.86 bits per heavy atom. The van der Waals surface area contributed by atoms with Crippen LogP contribution in [0.25, 0.3) is 0 Å². The zero-order chi connectivity index (χ0) is 9.80. The van der Waals surface area contributed by atoms with Gasteiger partial charge in [0.25, 0.3) is 0 Å². The van der Waals surface area contributed by atoms with Gasteiger partial charge in [-0.1, -0.05) is 6.42 Å². The molecule has 3 heteroatoms. The Morgan fingerprint density at radius 1 is 1.50 bits per heavy atom. The zero-order valence-corrected chi connectivity index (χ0v) is 9.17. The van der Waals surface area contributed by atoms with Crippen molar-refractivity contribution >= 4 is 11.3 Å². The van der Waals surface area contributed by atoms with Gasteiger partial charge in [0.05, 0.1) is 6.61 Å². The second kappa shape index (κ2) is 4.91. The van der Waals surface area contributed by atoms with Gasteiger partial charge in [-0.2, -0.15) is 11.3 Å². The van der Waals surface area contributed by atoms with Gasteiger partial charge in [0.15, 0.2) is 0 Å². The van der Waals surface area contributed by atoms with Crippen molar-refractivity contribution in [2.24, 2.45) is 0 Å². The van der Waals surface area contributed by atoms with E-state index >= 15 is 0 Å². The maximum absolute atomic E-state index is 8.99. The average Bonchev–Trinajstić information content (AvgIpc) is 2.54. The van der Waals surface area contributed by atoms with E-state index in [1.807, 2.05) is 0 Å². The fourth-order valence-electron chi connectivity index (χ4n) is 1.89. The summed E-state index contributed by atoms with van der Waals surface area (Å²) in [4.78, 5) is 2.41. The first kappa shape index (κ1) is 10.1. The van der Waals surface area contributed by atoms with Gasteiger partial charge < -0.3 is 5.11 Å². The molecule has 0 aliphatic heterocycles. The van der Waals surface area contributed by atoms with Crippen LogP contribution < -0.4 is 0 Å². The van der Waals surface area contributed by atoms with Crippen molar-refractivity contribution < 1.29 is 5.11 Å². The summed E-state index contributed by atoms with van der Waals surface area (Å²) in [5.41, 5.74) is 1.38. The predicted octanol–water partition coefficient (Wildman–Crippen LogP) is 2.09. The summed E-state index contributed by atoms with van der Waals surface area (Å²) in [5.74, 6) is 0. The van der Waals surface area contributed by atoms with Gasteiger partial charge in [-0.25, -0.2) is 0 Å². The van der Waals surface area contributed by atoms with Crippen LogP contribution in [0.5, 0.6) is 0 Å². The molecular formula is C11H17NOS. The van der Waals surface area contributed by atoms with E-state index in [0.717, 1.165) is 19.1 Å². The number of nitrogens with zero attached hydrogens (tertiary/aromatic N) is 1. The Morgan fingerprint density at radius 2 is 2.36 bits per heavy atom. The molecule has 2 nitrogen and oxygen atoms in total. The van der Waals surface area contributed by atoms with Gasteiger partial charge in [0.2, 0.25) is 0 Å². The van der Waals surface area contributed by atoms with Crippen molar-refractivity contribution in [3.63, 3.8) is 0 Å². The van der Waals surface area contributed by atoms with Gasteiger partial charge in [-0.15, -0.1) is 0 Å². The third-order valence-electron chi connectivity index (χ3n) is 2.94. The summed E-state index contributed by atoms with van der Waals surface area (Å²) in [6.07, 6.45) is 3.98. The highest BCUT2D eigenvalue weighted by atomic mass is 32.1. The maximum Gasteiger partial charge on any atom is 0.0558 e. The van der Waals surface area contributed by atoms with E-state index in [9.17, 15) is 0 Å². The Balaban J connectivity index is 1.89. The van der Waals surface area contributed by atoms with Gasteiger partial charge in [0, 0.05) is 19.1 Å². The number of aliphatic hydroxyl groups is 1. The van der Waals surface area contributed by atoms with Gasteiger partial charge in [-0.05, 0) is 35.2 Å². The van der Waals surface area contributed by atoms with Crippen LogP contribution in [-0.2, 0) is 6.54 Å². The van der Waals surface area contributed by atoms with Crippen LogP contribution in [0.15, 0.2) is 16.8 Å². The topological polar surface area (TPSA) is 23.5 Å². The highest BCUT2D eigenvalue weighted by Gasteiger charge is 2.24. The predicted molar refractivity (Wildman–Crippen MR) is 59.5 cm³/mol. The molecule has 1 fully saturated rings. The van der Waals surface area contributed by atoms with Crippen molar-refractivity contribution in [2.75, 3.05) is 13.2 Å². The zero-order valence-electron chi connectivity index (χ0n) is 8.35. The molecule has 0 spiro atoms. The van der Waals surface area contributed by atoms with Gasteiger partial charge in [-0.3, -0.25) is 4.90 Å². The molecule has 14 heavy (non-hydrogen) atoms. The smallest absolute Gasteiger partial charge is 0.0558 e. The molecule has 78 valence electrons. The molecule has 1 aromatic heterocycles. The first-order valence-electron chi connectivity index (χ1n) is 5.26. The molecule has 0 saturated heterocycles. The van der Waals surface area contributed by atoms with E-state index in [-0.39, 0.29) is 6.61 Å². The molecule has 1 saturated carbocycles. The largest absolute Gasteiger partial charge is 0.395 e. The first-order valence-corrected chi connectivity index (χ1v) is 6.20. The molecule has 2 rings (SSSR count). The lowest BCUT2D eigenvalue weighted by Crippen LogP contribution is -2.41. The van der Waals surface area contributed by atoms with Crippen molar-refractivity contribution in [3.05, 3.63) is 22.4 Å². The SMILES string of the molecule is OCCN(Cc1ccsc1)C1CCC1. The van der Waals surface area contributed by atoms with Crippen LogP contribution in [-0.4, -0.2) is 29.2 Å². The molecule has 1 aliphatic carbocycles. The van der Waals surface area contributed by atoms with Crippen molar-refractivity contribution in [1.29, 1.82) is 0 Å². The Labute approximate surface area is 89.2 Å². The summed E-state index contributed by atoms with van der Waals surface area (Å²) in [6, 6.07) is 2.90. The number of thiophene rings is 1. The Bertz CT molecular complexity index is 256. The number of aliphatic hydroxyl groups excluding tert-OH is 1. The van der Waals surface area contributed by atoms with E-state index < -0.39 is 0 Å². The second-order valence-corrected chi connectivity index (χ2v) is 4.69. The van der Waals surface area contributed by atoms with Crippen molar-refractivity contribution in [2.45, 2.75) is 31.8 Å². The minimum atomic E-state index is 0.278. The molecule has 0 radical (unpaired) electrons. The monoisotopic (exact) mass is 211 g/mol. The molecule has 0 bridgehead atoms. The molecule has 0 aromatic carbocycles. The summed E-state index contributed by atoms with van der Waals surface area (Å²) >= 11 is 1.75. The third-order valence-corrected chi connectivity index (χ3v) is 3.68. The summed E-state index contributed by atoms with van der Waals surface area (Å²) in [6.45, 7) is 2.11. The molecule has 1 heterocycles. The van der Waals surface area contributed by atoms with Crippen molar-refractivity contribution in [3.8, 4) is 0 Å². The number of hydrogen-bond donors (Lipinski definition) is 1. The number of rotatable bonds is 5. The van der Waals surface area contributed by atoms with Gasteiger partial charge in [0.1, 0.15) is 0 Å². The van der Waals surface area contributed by atoms with Gasteiger partial charge >= 0.3 is 0 Å². The van der Waals surface area contributed by atoms with E-state index in [1.165, 1.54) is 24.8 Å². The molecule has 1 aromatic rings. The van der Waals surface area contributed by atoms with Crippen molar-refractivity contribution in [1.82, 2.24) is 4.90 Å². The minimum Gasteiger partial charge on any atom is -0.395 e. The third kappa shape index (κ3) is 2.35. The fraction of sp³-hybridized carbons (Fsp3) is 0.636. The van der Waals surface area contributed by atoms with Crippen LogP contribution in [0.3, 0.4) is 0 Å². The molecule has 0 unspecified atom stereocenters. The van der Waals surface area contributed by atoms with Crippen LogP contribution in [0.1, 0.15) is 24.8 Å². The lowest BCUT2D eigenvalue weighted by molar-refractivity contribution is 0.0947. The van der Waals surface area contributed by atoms with Crippen LogP contribution >= 0.6 is 11.3 Å². The molecule has 0 atom stereocenters. The molecule has 0 amide bonds. The standard InChI is InChI=1S/C11H17NOS/c13-6-5-12(11-2-1-3-11)8-10-4-7-14-9-10/h4,7,9,11,13H,1-3,5-6,8H2. The molecule has 1 N–H and O–H groups in total. The second-order valence-electron chi connectivity index (χ2n) is 3.91. The van der Waals surface area contributed by atoms with E-state index in [2.05, 4.69) is 21.7 Å². The highest BCUT2D eigenvalue weighted by molar-refractivity contribution is 7.07.